The highest BCUT2D eigenvalue weighted by atomic mass is 16.5. The summed E-state index contributed by atoms with van der Waals surface area (Å²) in [4.78, 5) is 13.6. The van der Waals surface area contributed by atoms with Gasteiger partial charge in [0.15, 0.2) is 11.6 Å². The number of amides is 2. The summed E-state index contributed by atoms with van der Waals surface area (Å²) in [7, 11) is 0. The number of hydrogen-bond donors (Lipinski definition) is 1. The molecule has 0 spiro atoms. The lowest BCUT2D eigenvalue weighted by atomic mass is 10.2. The van der Waals surface area contributed by atoms with Crippen molar-refractivity contribution >= 4 is 11.8 Å². The third kappa shape index (κ3) is 3.82. The van der Waals surface area contributed by atoms with Gasteiger partial charge in [0.2, 0.25) is 0 Å². The third-order valence-electron chi connectivity index (χ3n) is 2.79. The number of benzene rings is 1. The maximum Gasteiger partial charge on any atom is 0.323 e. The van der Waals surface area contributed by atoms with E-state index in [1.807, 2.05) is 30.3 Å². The van der Waals surface area contributed by atoms with Gasteiger partial charge in [-0.25, -0.2) is 4.79 Å². The Hall–Kier alpha value is -2.82. The number of nitrogens with one attached hydrogen (secondary N) is 1. The Kier molecular flexibility index (Phi) is 4.93. The zero-order chi connectivity index (χ0) is 15.1. The van der Waals surface area contributed by atoms with Crippen LogP contribution in [0.15, 0.2) is 66.2 Å². The number of rotatable bonds is 6. The lowest BCUT2D eigenvalue weighted by molar-refractivity contribution is 0.222. The van der Waals surface area contributed by atoms with Crippen LogP contribution in [0, 0.1) is 0 Å². The molecule has 2 amide bonds. The smallest absolute Gasteiger partial charge is 0.323 e. The summed E-state index contributed by atoms with van der Waals surface area (Å²) in [6.45, 7) is 8.12. The highest BCUT2D eigenvalue weighted by Crippen LogP contribution is 2.22. The molecule has 0 saturated heterocycles. The van der Waals surface area contributed by atoms with Crippen LogP contribution in [0.25, 0.3) is 11.3 Å². The summed E-state index contributed by atoms with van der Waals surface area (Å²) in [5.74, 6) is 0.974. The van der Waals surface area contributed by atoms with E-state index in [0.29, 0.717) is 24.7 Å². The van der Waals surface area contributed by atoms with Crippen molar-refractivity contribution < 1.29 is 9.32 Å². The van der Waals surface area contributed by atoms with Gasteiger partial charge in [0, 0.05) is 24.7 Å². The summed E-state index contributed by atoms with van der Waals surface area (Å²) in [5, 5.41) is 6.54. The number of anilines is 1. The number of hydrogen-bond acceptors (Lipinski definition) is 3. The normalized spacial score (nSPS) is 9.90. The average molecular weight is 283 g/mol. The molecule has 2 aromatic rings. The minimum atomic E-state index is -0.275. The summed E-state index contributed by atoms with van der Waals surface area (Å²) in [5.41, 5.74) is 0.902. The van der Waals surface area contributed by atoms with Gasteiger partial charge in [-0.2, -0.15) is 0 Å². The Morgan fingerprint density at radius 2 is 1.90 bits per heavy atom. The SMILES string of the molecule is C=CCN(CC=C)C(=O)Nc1cc(-c2ccccc2)on1. The molecule has 2 rings (SSSR count). The molecule has 5 heteroatoms. The number of carbonyl (C=O) groups excluding carboxylic acids is 1. The van der Waals surface area contributed by atoms with Crippen LogP contribution in [0.3, 0.4) is 0 Å². The van der Waals surface area contributed by atoms with Gasteiger partial charge >= 0.3 is 6.03 Å². The molecule has 108 valence electrons. The van der Waals surface area contributed by atoms with Crippen molar-refractivity contribution in [2.75, 3.05) is 18.4 Å². The Labute approximate surface area is 123 Å². The van der Waals surface area contributed by atoms with Gasteiger partial charge < -0.3 is 9.42 Å². The molecule has 0 unspecified atom stereocenters. The highest BCUT2D eigenvalue weighted by Gasteiger charge is 2.13. The van der Waals surface area contributed by atoms with Gasteiger partial charge in [0.25, 0.3) is 0 Å². The molecule has 0 fully saturated rings. The van der Waals surface area contributed by atoms with E-state index < -0.39 is 0 Å². The van der Waals surface area contributed by atoms with E-state index in [9.17, 15) is 4.79 Å². The molecule has 0 aliphatic heterocycles. The topological polar surface area (TPSA) is 58.4 Å². The van der Waals surface area contributed by atoms with Gasteiger partial charge in [-0.1, -0.05) is 47.6 Å². The molecule has 1 aromatic carbocycles. The zero-order valence-corrected chi connectivity index (χ0v) is 11.7. The molecular weight excluding hydrogens is 266 g/mol. The van der Waals surface area contributed by atoms with Crippen molar-refractivity contribution in [1.29, 1.82) is 0 Å². The molecule has 0 radical (unpaired) electrons. The lowest BCUT2D eigenvalue weighted by Crippen LogP contribution is -2.35. The summed E-state index contributed by atoms with van der Waals surface area (Å²) in [6, 6.07) is 11.0. The van der Waals surface area contributed by atoms with Gasteiger partial charge in [0.05, 0.1) is 0 Å². The van der Waals surface area contributed by atoms with Gasteiger partial charge in [-0.05, 0) is 0 Å². The second kappa shape index (κ2) is 7.09. The maximum absolute atomic E-state index is 12.1. The fourth-order valence-corrected chi connectivity index (χ4v) is 1.81. The van der Waals surface area contributed by atoms with Crippen molar-refractivity contribution in [1.82, 2.24) is 10.1 Å². The van der Waals surface area contributed by atoms with E-state index in [4.69, 9.17) is 4.52 Å². The number of urea groups is 1. The van der Waals surface area contributed by atoms with E-state index in [0.717, 1.165) is 5.56 Å². The molecule has 1 N–H and O–H groups in total. The Morgan fingerprint density at radius 1 is 1.24 bits per heavy atom. The molecule has 1 heterocycles. The second-order valence-electron chi connectivity index (χ2n) is 4.35. The van der Waals surface area contributed by atoms with Crippen LogP contribution < -0.4 is 5.32 Å². The van der Waals surface area contributed by atoms with Crippen molar-refractivity contribution in [2.24, 2.45) is 0 Å². The van der Waals surface area contributed by atoms with Crippen LogP contribution in [-0.2, 0) is 0 Å². The third-order valence-corrected chi connectivity index (χ3v) is 2.79. The molecule has 0 aliphatic carbocycles. The van der Waals surface area contributed by atoms with Crippen LogP contribution >= 0.6 is 0 Å². The van der Waals surface area contributed by atoms with Crippen molar-refractivity contribution in [3.05, 3.63) is 61.7 Å². The minimum absolute atomic E-state index is 0.275. The fourth-order valence-electron chi connectivity index (χ4n) is 1.81. The van der Waals surface area contributed by atoms with Crippen LogP contribution in [0.5, 0.6) is 0 Å². The Balaban J connectivity index is 2.06. The first-order valence-corrected chi connectivity index (χ1v) is 6.54. The van der Waals surface area contributed by atoms with Gasteiger partial charge in [0.1, 0.15) is 0 Å². The average Bonchev–Trinajstić information content (AvgIpc) is 2.96. The summed E-state index contributed by atoms with van der Waals surface area (Å²) >= 11 is 0. The van der Waals surface area contributed by atoms with Crippen LogP contribution in [0.1, 0.15) is 0 Å². The standard InChI is InChI=1S/C16H17N3O2/c1-3-10-19(11-4-2)16(20)17-15-12-14(21-18-15)13-8-6-5-7-9-13/h3-9,12H,1-2,10-11H2,(H,17,18,20). The van der Waals surface area contributed by atoms with E-state index >= 15 is 0 Å². The highest BCUT2D eigenvalue weighted by molar-refractivity contribution is 5.89. The van der Waals surface area contributed by atoms with Gasteiger partial charge in [-0.3, -0.25) is 5.32 Å². The molecule has 0 atom stereocenters. The molecule has 5 nitrogen and oxygen atoms in total. The first-order chi connectivity index (χ1) is 10.2. The molecule has 0 aliphatic rings. The van der Waals surface area contributed by atoms with Crippen molar-refractivity contribution in [3.63, 3.8) is 0 Å². The van der Waals surface area contributed by atoms with Gasteiger partial charge in [-0.15, -0.1) is 13.2 Å². The minimum Gasteiger partial charge on any atom is -0.354 e. The van der Waals surface area contributed by atoms with E-state index in [2.05, 4.69) is 23.6 Å². The predicted octanol–water partition coefficient (Wildman–Crippen LogP) is 3.55. The largest absolute Gasteiger partial charge is 0.354 e. The van der Waals surface area contributed by atoms with E-state index in [-0.39, 0.29) is 6.03 Å². The van der Waals surface area contributed by atoms with Crippen molar-refractivity contribution in [2.45, 2.75) is 0 Å². The Morgan fingerprint density at radius 3 is 2.52 bits per heavy atom. The number of carbonyl (C=O) groups is 1. The summed E-state index contributed by atoms with van der Waals surface area (Å²) in [6.07, 6.45) is 3.31. The lowest BCUT2D eigenvalue weighted by Gasteiger charge is -2.18. The van der Waals surface area contributed by atoms with Crippen molar-refractivity contribution in [3.8, 4) is 11.3 Å². The molecule has 1 aromatic heterocycles. The quantitative estimate of drug-likeness (QED) is 0.825. The van der Waals surface area contributed by atoms with E-state index in [1.54, 1.807) is 23.1 Å². The number of aromatic nitrogens is 1. The van der Waals surface area contributed by atoms with Crippen LogP contribution in [0.4, 0.5) is 10.6 Å². The molecule has 0 saturated carbocycles. The Bertz CT molecular complexity index is 609. The molecule has 21 heavy (non-hydrogen) atoms. The summed E-state index contributed by atoms with van der Waals surface area (Å²) < 4.78 is 5.23. The van der Waals surface area contributed by atoms with E-state index in [1.165, 1.54) is 0 Å². The maximum atomic E-state index is 12.1. The first-order valence-electron chi connectivity index (χ1n) is 6.54. The zero-order valence-electron chi connectivity index (χ0n) is 11.7. The number of nitrogens with zero attached hydrogens (tertiary/aromatic N) is 2. The predicted molar refractivity (Wildman–Crippen MR) is 82.9 cm³/mol. The molecule has 0 bridgehead atoms. The van der Waals surface area contributed by atoms with Crippen LogP contribution in [-0.4, -0.2) is 29.2 Å². The monoisotopic (exact) mass is 283 g/mol. The fraction of sp³-hybridized carbons (Fsp3) is 0.125. The molecular formula is C16H17N3O2. The second-order valence-corrected chi connectivity index (χ2v) is 4.35. The van der Waals surface area contributed by atoms with Crippen LogP contribution in [0.2, 0.25) is 0 Å². The first kappa shape index (κ1) is 14.6.